The van der Waals surface area contributed by atoms with Gasteiger partial charge in [-0.25, -0.2) is 0 Å². The average Bonchev–Trinajstić information content (AvgIpc) is 3.17. The summed E-state index contributed by atoms with van der Waals surface area (Å²) in [6.45, 7) is 4.05. The first-order valence-electron chi connectivity index (χ1n) is 9.32. The van der Waals surface area contributed by atoms with E-state index in [4.69, 9.17) is 0 Å². The summed E-state index contributed by atoms with van der Waals surface area (Å²) < 4.78 is 1.97. The standard InChI is InChI=1S/C20H29N5/c1-21-20(22-11-5-13-25-14-6-12-23-25)24-15-9-19(10-16-24)17-18-7-3-2-4-8-18/h2-4,6-8,12,14,19H,5,9-11,13,15-17H2,1H3,(H,21,22). The summed E-state index contributed by atoms with van der Waals surface area (Å²) in [5, 5.41) is 7.73. The van der Waals surface area contributed by atoms with Gasteiger partial charge in [-0.2, -0.15) is 5.10 Å². The van der Waals surface area contributed by atoms with Crippen molar-refractivity contribution in [3.05, 3.63) is 54.4 Å². The van der Waals surface area contributed by atoms with Crippen LogP contribution >= 0.6 is 0 Å². The normalized spacial score (nSPS) is 16.2. The number of guanidine groups is 1. The van der Waals surface area contributed by atoms with E-state index in [2.05, 4.69) is 50.6 Å². The summed E-state index contributed by atoms with van der Waals surface area (Å²) >= 11 is 0. The minimum Gasteiger partial charge on any atom is -0.356 e. The molecule has 0 bridgehead atoms. The number of hydrogen-bond acceptors (Lipinski definition) is 2. The molecule has 0 saturated carbocycles. The SMILES string of the molecule is CN=C(NCCCn1cccn1)N1CCC(Cc2ccccc2)CC1. The van der Waals surface area contributed by atoms with E-state index in [1.165, 1.54) is 24.8 Å². The second-order valence-electron chi connectivity index (χ2n) is 6.72. The smallest absolute Gasteiger partial charge is 0.193 e. The zero-order valence-corrected chi connectivity index (χ0v) is 15.1. The average molecular weight is 339 g/mol. The molecule has 0 radical (unpaired) electrons. The fraction of sp³-hybridized carbons (Fsp3) is 0.500. The molecule has 1 aliphatic heterocycles. The number of benzene rings is 1. The zero-order chi connectivity index (χ0) is 17.3. The van der Waals surface area contributed by atoms with Crippen LogP contribution in [0.25, 0.3) is 0 Å². The summed E-state index contributed by atoms with van der Waals surface area (Å²) in [4.78, 5) is 6.86. The molecule has 3 rings (SSSR count). The zero-order valence-electron chi connectivity index (χ0n) is 15.1. The van der Waals surface area contributed by atoms with Gasteiger partial charge in [-0.15, -0.1) is 0 Å². The Morgan fingerprint density at radius 3 is 2.68 bits per heavy atom. The Bertz CT molecular complexity index is 627. The number of aliphatic imine (C=N–C) groups is 1. The van der Waals surface area contributed by atoms with Gasteiger partial charge in [-0.1, -0.05) is 30.3 Å². The summed E-state index contributed by atoms with van der Waals surface area (Å²) in [5.41, 5.74) is 1.46. The van der Waals surface area contributed by atoms with Gasteiger partial charge in [0.2, 0.25) is 0 Å². The van der Waals surface area contributed by atoms with Crippen molar-refractivity contribution in [2.45, 2.75) is 32.2 Å². The Labute approximate surface area is 150 Å². The number of likely N-dealkylation sites (tertiary alicyclic amines) is 1. The number of nitrogens with one attached hydrogen (secondary N) is 1. The molecule has 0 unspecified atom stereocenters. The van der Waals surface area contributed by atoms with Crippen LogP contribution in [0.2, 0.25) is 0 Å². The van der Waals surface area contributed by atoms with E-state index in [9.17, 15) is 0 Å². The molecule has 0 atom stereocenters. The Kier molecular flexibility index (Phi) is 6.48. The third-order valence-corrected chi connectivity index (χ3v) is 4.90. The summed E-state index contributed by atoms with van der Waals surface area (Å²) in [6.07, 6.45) is 8.56. The van der Waals surface area contributed by atoms with Crippen molar-refractivity contribution in [1.29, 1.82) is 0 Å². The topological polar surface area (TPSA) is 45.5 Å². The molecule has 2 aromatic rings. The second kappa shape index (κ2) is 9.25. The molecule has 1 aromatic carbocycles. The van der Waals surface area contributed by atoms with Crippen molar-refractivity contribution < 1.29 is 0 Å². The van der Waals surface area contributed by atoms with Crippen LogP contribution in [-0.2, 0) is 13.0 Å². The van der Waals surface area contributed by atoms with Crippen LogP contribution in [0.3, 0.4) is 0 Å². The summed E-state index contributed by atoms with van der Waals surface area (Å²) in [7, 11) is 1.88. The monoisotopic (exact) mass is 339 g/mol. The molecule has 25 heavy (non-hydrogen) atoms. The Morgan fingerprint density at radius 2 is 2.00 bits per heavy atom. The lowest BCUT2D eigenvalue weighted by atomic mass is 9.90. The van der Waals surface area contributed by atoms with Gasteiger partial charge in [0, 0.05) is 45.6 Å². The minimum absolute atomic E-state index is 0.788. The Hall–Kier alpha value is -2.30. The molecule has 5 heteroatoms. The Balaban J connectivity index is 1.38. The predicted molar refractivity (Wildman–Crippen MR) is 103 cm³/mol. The number of hydrogen-bond donors (Lipinski definition) is 1. The highest BCUT2D eigenvalue weighted by molar-refractivity contribution is 5.79. The van der Waals surface area contributed by atoms with Gasteiger partial charge in [0.25, 0.3) is 0 Å². The first-order valence-corrected chi connectivity index (χ1v) is 9.32. The van der Waals surface area contributed by atoms with E-state index < -0.39 is 0 Å². The van der Waals surface area contributed by atoms with E-state index in [0.717, 1.165) is 44.5 Å². The molecule has 0 spiro atoms. The van der Waals surface area contributed by atoms with E-state index in [1.54, 1.807) is 0 Å². The van der Waals surface area contributed by atoms with Crippen LogP contribution < -0.4 is 5.32 Å². The molecule has 1 aromatic heterocycles. The number of aryl methyl sites for hydroxylation is 1. The van der Waals surface area contributed by atoms with Gasteiger partial charge in [0.15, 0.2) is 5.96 Å². The number of nitrogens with zero attached hydrogens (tertiary/aromatic N) is 4. The molecule has 1 saturated heterocycles. The van der Waals surface area contributed by atoms with Gasteiger partial charge in [-0.3, -0.25) is 9.67 Å². The van der Waals surface area contributed by atoms with Crippen LogP contribution in [-0.4, -0.2) is 47.3 Å². The van der Waals surface area contributed by atoms with Crippen molar-refractivity contribution in [1.82, 2.24) is 20.0 Å². The van der Waals surface area contributed by atoms with Gasteiger partial charge in [0.1, 0.15) is 0 Å². The minimum atomic E-state index is 0.788. The summed E-state index contributed by atoms with van der Waals surface area (Å²) in [6, 6.07) is 12.8. The van der Waals surface area contributed by atoms with Crippen molar-refractivity contribution in [2.24, 2.45) is 10.9 Å². The maximum Gasteiger partial charge on any atom is 0.193 e. The number of aromatic nitrogens is 2. The molecule has 1 fully saturated rings. The maximum absolute atomic E-state index is 4.46. The lowest BCUT2D eigenvalue weighted by Crippen LogP contribution is -2.46. The third-order valence-electron chi connectivity index (χ3n) is 4.90. The highest BCUT2D eigenvalue weighted by Crippen LogP contribution is 2.21. The Morgan fingerprint density at radius 1 is 1.20 bits per heavy atom. The van der Waals surface area contributed by atoms with Crippen molar-refractivity contribution >= 4 is 5.96 Å². The molecule has 134 valence electrons. The van der Waals surface area contributed by atoms with Gasteiger partial charge < -0.3 is 10.2 Å². The van der Waals surface area contributed by atoms with Gasteiger partial charge >= 0.3 is 0 Å². The molecule has 1 N–H and O–H groups in total. The first kappa shape index (κ1) is 17.5. The molecule has 0 aliphatic carbocycles. The van der Waals surface area contributed by atoms with E-state index in [-0.39, 0.29) is 0 Å². The van der Waals surface area contributed by atoms with Gasteiger partial charge in [-0.05, 0) is 43.2 Å². The second-order valence-corrected chi connectivity index (χ2v) is 6.72. The number of rotatable bonds is 6. The van der Waals surface area contributed by atoms with Crippen LogP contribution in [0.4, 0.5) is 0 Å². The highest BCUT2D eigenvalue weighted by Gasteiger charge is 2.21. The third kappa shape index (κ3) is 5.34. The van der Waals surface area contributed by atoms with Crippen molar-refractivity contribution in [3.8, 4) is 0 Å². The van der Waals surface area contributed by atoms with Crippen LogP contribution in [0.5, 0.6) is 0 Å². The molecule has 0 amide bonds. The maximum atomic E-state index is 4.46. The quantitative estimate of drug-likeness (QED) is 0.500. The lowest BCUT2D eigenvalue weighted by Gasteiger charge is -2.34. The largest absolute Gasteiger partial charge is 0.356 e. The van der Waals surface area contributed by atoms with Crippen LogP contribution in [0.15, 0.2) is 53.8 Å². The van der Waals surface area contributed by atoms with E-state index >= 15 is 0 Å². The highest BCUT2D eigenvalue weighted by atomic mass is 15.3. The van der Waals surface area contributed by atoms with Gasteiger partial charge in [0.05, 0.1) is 0 Å². The molecular weight excluding hydrogens is 310 g/mol. The number of piperidine rings is 1. The van der Waals surface area contributed by atoms with E-state index in [0.29, 0.717) is 0 Å². The molecular formula is C20H29N5. The molecule has 2 heterocycles. The molecule has 1 aliphatic rings. The van der Waals surface area contributed by atoms with E-state index in [1.807, 2.05) is 30.2 Å². The van der Waals surface area contributed by atoms with Crippen LogP contribution in [0, 0.1) is 5.92 Å². The first-order chi connectivity index (χ1) is 12.3. The van der Waals surface area contributed by atoms with Crippen molar-refractivity contribution in [2.75, 3.05) is 26.7 Å². The summed E-state index contributed by atoms with van der Waals surface area (Å²) in [5.74, 6) is 1.83. The van der Waals surface area contributed by atoms with Crippen molar-refractivity contribution in [3.63, 3.8) is 0 Å². The molecule has 5 nitrogen and oxygen atoms in total. The fourth-order valence-electron chi connectivity index (χ4n) is 3.50. The van der Waals surface area contributed by atoms with Crippen LogP contribution in [0.1, 0.15) is 24.8 Å². The lowest BCUT2D eigenvalue weighted by molar-refractivity contribution is 0.259. The fourth-order valence-corrected chi connectivity index (χ4v) is 3.50. The predicted octanol–water partition coefficient (Wildman–Crippen LogP) is 2.80.